The molecule has 0 bridgehead atoms. The van der Waals surface area contributed by atoms with Crippen molar-refractivity contribution in [3.63, 3.8) is 0 Å². The zero-order valence-corrected chi connectivity index (χ0v) is 6.57. The lowest BCUT2D eigenvalue weighted by molar-refractivity contribution is 0.0767. The molecular weight excluding hydrogens is 164 g/mol. The van der Waals surface area contributed by atoms with Gasteiger partial charge in [0.05, 0.1) is 0 Å². The average Bonchev–Trinajstić information content (AvgIpc) is 2.04. The molecule has 3 nitrogen and oxygen atoms in total. The first-order chi connectivity index (χ1) is 5.25. The van der Waals surface area contributed by atoms with E-state index in [0.29, 0.717) is 0 Å². The predicted octanol–water partition coefficient (Wildman–Crippen LogP) is 0.475. The van der Waals surface area contributed by atoms with E-state index in [0.717, 1.165) is 0 Å². The van der Waals surface area contributed by atoms with Crippen molar-refractivity contribution < 1.29 is 14.1 Å². The standard InChI is InChI=1S/C7H6O3S/c8-6-4-2-1-3-5(6)7(9)10-11/h1-4,8,11H/p+1. The topological polar surface area (TPSA) is 46.5 Å². The number of phenolic OH excluding ortho intramolecular Hbond substituents is 1. The van der Waals surface area contributed by atoms with Gasteiger partial charge in [-0.15, -0.1) is 0 Å². The van der Waals surface area contributed by atoms with E-state index >= 15 is 0 Å². The van der Waals surface area contributed by atoms with Gasteiger partial charge in [0, 0.05) is 0 Å². The van der Waals surface area contributed by atoms with Crippen LogP contribution in [0.25, 0.3) is 0 Å². The molecule has 4 heteroatoms. The van der Waals surface area contributed by atoms with Gasteiger partial charge in [-0.25, -0.2) is 8.98 Å². The highest BCUT2D eigenvalue weighted by molar-refractivity contribution is 7.53. The molecule has 0 spiro atoms. The van der Waals surface area contributed by atoms with Gasteiger partial charge < -0.3 is 5.11 Å². The van der Waals surface area contributed by atoms with Crippen LogP contribution in [0.1, 0.15) is 10.4 Å². The van der Waals surface area contributed by atoms with E-state index in [4.69, 9.17) is 5.11 Å². The number of carbonyl (C=O) groups is 1. The summed E-state index contributed by atoms with van der Waals surface area (Å²) in [5.41, 5.74) is 0.141. The number of hydrogen-bond donors (Lipinski definition) is 1. The number of aromatic hydroxyl groups is 1. The molecule has 11 heavy (non-hydrogen) atoms. The number of hydrogen-bond acceptors (Lipinski definition) is 3. The first-order valence-corrected chi connectivity index (χ1v) is 3.32. The van der Waals surface area contributed by atoms with Crippen LogP contribution in [0.15, 0.2) is 24.3 Å². The Morgan fingerprint density at radius 3 is 2.64 bits per heavy atom. The first kappa shape index (κ1) is 7.94. The Bertz CT molecular complexity index is 272. The predicted molar refractivity (Wildman–Crippen MR) is 43.7 cm³/mol. The third-order valence-corrected chi connectivity index (χ3v) is 1.40. The molecule has 0 aliphatic rings. The van der Waals surface area contributed by atoms with E-state index in [1.165, 1.54) is 12.1 Å². The molecule has 0 saturated carbocycles. The maximum absolute atomic E-state index is 10.8. The van der Waals surface area contributed by atoms with Crippen LogP contribution in [0.4, 0.5) is 0 Å². The molecule has 0 aliphatic heterocycles. The fourth-order valence-corrected chi connectivity index (χ4v) is 0.811. The third kappa shape index (κ3) is 1.65. The zero-order chi connectivity index (χ0) is 8.27. The summed E-state index contributed by atoms with van der Waals surface area (Å²) >= 11 is 2.57. The van der Waals surface area contributed by atoms with Gasteiger partial charge in [0.25, 0.3) is 0 Å². The first-order valence-electron chi connectivity index (χ1n) is 2.91. The lowest BCUT2D eigenvalue weighted by Gasteiger charge is -1.95. The molecule has 0 radical (unpaired) electrons. The van der Waals surface area contributed by atoms with E-state index in [1.807, 2.05) is 0 Å². The molecule has 0 atom stereocenters. The molecule has 1 N–H and O–H groups in total. The van der Waals surface area contributed by atoms with Gasteiger partial charge in [0.1, 0.15) is 11.3 Å². The van der Waals surface area contributed by atoms with Crippen molar-refractivity contribution in [1.29, 1.82) is 0 Å². The van der Waals surface area contributed by atoms with Gasteiger partial charge in [-0.1, -0.05) is 12.1 Å². The minimum atomic E-state index is -0.611. The Hall–Kier alpha value is -1.16. The Morgan fingerprint density at radius 1 is 1.45 bits per heavy atom. The summed E-state index contributed by atoms with van der Waals surface area (Å²) in [5.74, 6) is -0.699. The van der Waals surface area contributed by atoms with Gasteiger partial charge in [0.2, 0.25) is 0 Å². The van der Waals surface area contributed by atoms with Gasteiger partial charge in [0.15, 0.2) is 12.9 Å². The summed E-state index contributed by atoms with van der Waals surface area (Å²) < 4.78 is 4.22. The second-order valence-corrected chi connectivity index (χ2v) is 2.11. The van der Waals surface area contributed by atoms with E-state index in [1.54, 1.807) is 12.1 Å². The van der Waals surface area contributed by atoms with Crippen LogP contribution < -0.4 is 0 Å². The van der Waals surface area contributed by atoms with Crippen molar-refractivity contribution in [2.75, 3.05) is 0 Å². The molecule has 1 aromatic carbocycles. The minimum Gasteiger partial charge on any atom is -0.507 e. The molecule has 0 heterocycles. The number of phenols is 1. The summed E-state index contributed by atoms with van der Waals surface area (Å²) in [4.78, 5) is 10.8. The fourth-order valence-electron chi connectivity index (χ4n) is 0.701. The van der Waals surface area contributed by atoms with E-state index in [-0.39, 0.29) is 11.3 Å². The molecule has 0 aromatic heterocycles. The Kier molecular flexibility index (Phi) is 2.38. The van der Waals surface area contributed by atoms with Crippen molar-refractivity contribution in [3.05, 3.63) is 29.8 Å². The molecule has 0 fully saturated rings. The molecule has 1 aromatic rings. The zero-order valence-electron chi connectivity index (χ0n) is 5.57. The lowest BCUT2D eigenvalue weighted by Crippen LogP contribution is -1.99. The molecule has 0 unspecified atom stereocenters. The van der Waals surface area contributed by atoms with Crippen LogP contribution in [0.5, 0.6) is 5.75 Å². The Balaban J connectivity index is 3.03. The molecule has 1 rings (SSSR count). The second kappa shape index (κ2) is 3.30. The normalized spacial score (nSPS) is 9.18. The largest absolute Gasteiger partial charge is 0.507 e. The minimum absolute atomic E-state index is 0.0873. The van der Waals surface area contributed by atoms with Crippen LogP contribution in [0.3, 0.4) is 0 Å². The molecule has 0 amide bonds. The van der Waals surface area contributed by atoms with Crippen molar-refractivity contribution in [2.24, 2.45) is 0 Å². The van der Waals surface area contributed by atoms with E-state index < -0.39 is 5.97 Å². The highest BCUT2D eigenvalue weighted by Gasteiger charge is 2.12. The van der Waals surface area contributed by atoms with Crippen LogP contribution in [0, 0.1) is 0 Å². The van der Waals surface area contributed by atoms with Crippen molar-refractivity contribution in [1.82, 2.24) is 0 Å². The Morgan fingerprint density at radius 2 is 2.09 bits per heavy atom. The summed E-state index contributed by atoms with van der Waals surface area (Å²) in [6, 6.07) is 6.15. The smallest absolute Gasteiger partial charge is 0.398 e. The van der Waals surface area contributed by atoms with Crippen LogP contribution in [0.2, 0.25) is 0 Å². The summed E-state index contributed by atoms with van der Waals surface area (Å²) in [5, 5.41) is 9.09. The van der Waals surface area contributed by atoms with E-state index in [2.05, 4.69) is 17.1 Å². The maximum Gasteiger partial charge on any atom is 0.398 e. The van der Waals surface area contributed by atoms with Crippen molar-refractivity contribution in [3.8, 4) is 5.75 Å². The van der Waals surface area contributed by atoms with Crippen molar-refractivity contribution >= 4 is 18.9 Å². The monoisotopic (exact) mass is 171 g/mol. The van der Waals surface area contributed by atoms with Crippen molar-refractivity contribution in [2.45, 2.75) is 0 Å². The quantitative estimate of drug-likeness (QED) is 0.625. The molecule has 58 valence electrons. The highest BCUT2D eigenvalue weighted by Crippen LogP contribution is 2.15. The summed E-state index contributed by atoms with van der Waals surface area (Å²) in [6.07, 6.45) is 0. The lowest BCUT2D eigenvalue weighted by atomic mass is 10.2. The average molecular weight is 171 g/mol. The van der Waals surface area contributed by atoms with Gasteiger partial charge in [-0.2, -0.15) is 0 Å². The number of rotatable bonds is 1. The van der Waals surface area contributed by atoms with E-state index in [9.17, 15) is 4.79 Å². The summed E-state index contributed by atoms with van der Waals surface area (Å²) in [6.45, 7) is 0. The van der Waals surface area contributed by atoms with Gasteiger partial charge >= 0.3 is 5.97 Å². The summed E-state index contributed by atoms with van der Waals surface area (Å²) in [7, 11) is 0. The number of carbonyl (C=O) groups excluding carboxylic acids is 1. The van der Waals surface area contributed by atoms with Crippen LogP contribution in [-0.4, -0.2) is 11.1 Å². The van der Waals surface area contributed by atoms with Crippen LogP contribution in [-0.2, 0) is 17.1 Å². The second-order valence-electron chi connectivity index (χ2n) is 1.91. The fraction of sp³-hybridized carbons (Fsp3) is 0. The Labute approximate surface area is 69.2 Å². The SMILES string of the molecule is O=C(O[SH2+])c1ccccc1O. The molecule has 0 saturated heterocycles. The van der Waals surface area contributed by atoms with Crippen LogP contribution >= 0.6 is 0 Å². The maximum atomic E-state index is 10.8. The number of benzene rings is 1. The third-order valence-electron chi connectivity index (χ3n) is 1.22. The molecular formula is C7H7O3S+. The number of para-hydroxylation sites is 1. The van der Waals surface area contributed by atoms with Gasteiger partial charge in [-0.05, 0) is 12.1 Å². The van der Waals surface area contributed by atoms with Gasteiger partial charge in [-0.3, -0.25) is 0 Å². The molecule has 0 aliphatic carbocycles. The highest BCUT2D eigenvalue weighted by atomic mass is 32.1.